The molecule has 7 nitrogen and oxygen atoms in total. The molecule has 1 saturated heterocycles. The molecule has 0 bridgehead atoms. The number of nitrogens with one attached hydrogen (secondary N) is 2. The molecule has 1 aromatic heterocycles. The van der Waals surface area contributed by atoms with E-state index in [1.54, 1.807) is 6.07 Å². The number of ether oxygens (including phenoxy) is 1. The minimum Gasteiger partial charge on any atom is -0.378 e. The Labute approximate surface area is 168 Å². The first-order chi connectivity index (χ1) is 13.5. The highest BCUT2D eigenvalue weighted by Crippen LogP contribution is 2.19. The van der Waals surface area contributed by atoms with E-state index in [0.717, 1.165) is 24.6 Å². The maximum Gasteiger partial charge on any atom is 0.224 e. The van der Waals surface area contributed by atoms with Crippen LogP contribution in [0.3, 0.4) is 0 Å². The Balaban J connectivity index is 1.48. The van der Waals surface area contributed by atoms with Crippen molar-refractivity contribution in [1.82, 2.24) is 15.3 Å². The van der Waals surface area contributed by atoms with Gasteiger partial charge in [-0.15, -0.1) is 0 Å². The van der Waals surface area contributed by atoms with E-state index in [4.69, 9.17) is 16.3 Å². The van der Waals surface area contributed by atoms with Crippen molar-refractivity contribution in [3.63, 3.8) is 0 Å². The summed E-state index contributed by atoms with van der Waals surface area (Å²) in [5, 5.41) is 6.10. The highest BCUT2D eigenvalue weighted by molar-refractivity contribution is 6.31. The van der Waals surface area contributed by atoms with Crippen LogP contribution in [0.4, 0.5) is 16.2 Å². The zero-order chi connectivity index (χ0) is 19.9. The smallest absolute Gasteiger partial charge is 0.224 e. The van der Waals surface area contributed by atoms with E-state index in [2.05, 4.69) is 25.5 Å². The largest absolute Gasteiger partial charge is 0.378 e. The van der Waals surface area contributed by atoms with E-state index >= 15 is 0 Å². The first-order valence-corrected chi connectivity index (χ1v) is 9.52. The molecule has 0 radical (unpaired) electrons. The number of amides is 1. The summed E-state index contributed by atoms with van der Waals surface area (Å²) in [6.07, 6.45) is -0.104. The van der Waals surface area contributed by atoms with Crippen LogP contribution < -0.4 is 15.5 Å². The number of carbonyl (C=O) groups is 1. The van der Waals surface area contributed by atoms with Crippen LogP contribution in [0.5, 0.6) is 0 Å². The third-order valence-corrected chi connectivity index (χ3v) is 4.66. The van der Waals surface area contributed by atoms with Gasteiger partial charge in [0.2, 0.25) is 11.9 Å². The van der Waals surface area contributed by atoms with E-state index in [0.29, 0.717) is 32.3 Å². The lowest BCUT2D eigenvalue weighted by Crippen LogP contribution is -2.37. The van der Waals surface area contributed by atoms with Gasteiger partial charge in [-0.3, -0.25) is 4.79 Å². The van der Waals surface area contributed by atoms with Crippen molar-refractivity contribution in [3.8, 4) is 0 Å². The fourth-order valence-corrected chi connectivity index (χ4v) is 3.12. The van der Waals surface area contributed by atoms with Crippen LogP contribution in [-0.2, 0) is 16.0 Å². The van der Waals surface area contributed by atoms with Gasteiger partial charge in [0, 0.05) is 48.5 Å². The monoisotopic (exact) mass is 407 g/mol. The molecule has 1 amide bonds. The average Bonchev–Trinajstić information content (AvgIpc) is 2.68. The molecule has 1 aliphatic heterocycles. The van der Waals surface area contributed by atoms with E-state index in [1.165, 1.54) is 12.1 Å². The zero-order valence-corrected chi connectivity index (χ0v) is 16.4. The molecule has 1 aromatic carbocycles. The fraction of sp³-hybridized carbons (Fsp3) is 0.421. The molecular weight excluding hydrogens is 385 g/mol. The van der Waals surface area contributed by atoms with Crippen LogP contribution in [0, 0.1) is 12.7 Å². The quantitative estimate of drug-likeness (QED) is 0.685. The molecule has 3 rings (SSSR count). The van der Waals surface area contributed by atoms with E-state index in [-0.39, 0.29) is 22.9 Å². The molecular formula is C19H23ClFN5O2. The molecule has 150 valence electrons. The van der Waals surface area contributed by atoms with Crippen molar-refractivity contribution in [1.29, 1.82) is 0 Å². The summed E-state index contributed by atoms with van der Waals surface area (Å²) in [5.74, 6) is 0.585. The summed E-state index contributed by atoms with van der Waals surface area (Å²) < 4.78 is 19.1. The normalized spacial score (nSPS) is 14.0. The number of hydrogen-bond donors (Lipinski definition) is 2. The Bertz CT molecular complexity index is 810. The van der Waals surface area contributed by atoms with Crippen molar-refractivity contribution >= 4 is 29.3 Å². The highest BCUT2D eigenvalue weighted by atomic mass is 35.5. The number of rotatable bonds is 7. The molecule has 1 aliphatic rings. The molecule has 0 aliphatic carbocycles. The Morgan fingerprint density at radius 3 is 2.82 bits per heavy atom. The zero-order valence-electron chi connectivity index (χ0n) is 15.7. The Morgan fingerprint density at radius 2 is 2.07 bits per heavy atom. The van der Waals surface area contributed by atoms with Gasteiger partial charge < -0.3 is 20.3 Å². The van der Waals surface area contributed by atoms with E-state index in [9.17, 15) is 9.18 Å². The summed E-state index contributed by atoms with van der Waals surface area (Å²) in [7, 11) is 0. The van der Waals surface area contributed by atoms with Gasteiger partial charge in [-0.25, -0.2) is 9.37 Å². The summed E-state index contributed by atoms with van der Waals surface area (Å²) in [4.78, 5) is 23.1. The lowest BCUT2D eigenvalue weighted by molar-refractivity contribution is -0.120. The number of benzene rings is 1. The molecule has 2 N–H and O–H groups in total. The SMILES string of the molecule is Cc1cc(N2CCOCC2)nc(NCCNC(=O)Cc2c(F)cccc2Cl)n1. The summed E-state index contributed by atoms with van der Waals surface area (Å²) >= 11 is 5.95. The van der Waals surface area contributed by atoms with Gasteiger partial charge in [0.05, 0.1) is 19.6 Å². The van der Waals surface area contributed by atoms with Crippen LogP contribution >= 0.6 is 11.6 Å². The number of halogens is 2. The fourth-order valence-electron chi connectivity index (χ4n) is 2.89. The van der Waals surface area contributed by atoms with Crippen molar-refractivity contribution < 1.29 is 13.9 Å². The molecule has 28 heavy (non-hydrogen) atoms. The van der Waals surface area contributed by atoms with Gasteiger partial charge in [-0.1, -0.05) is 17.7 Å². The molecule has 0 spiro atoms. The lowest BCUT2D eigenvalue weighted by atomic mass is 10.1. The molecule has 0 atom stereocenters. The van der Waals surface area contributed by atoms with Crippen LogP contribution in [0.1, 0.15) is 11.3 Å². The summed E-state index contributed by atoms with van der Waals surface area (Å²) in [6.45, 7) is 5.68. The number of hydrogen-bond acceptors (Lipinski definition) is 6. The first-order valence-electron chi connectivity index (χ1n) is 9.15. The number of carbonyl (C=O) groups excluding carboxylic acids is 1. The minimum atomic E-state index is -0.482. The van der Waals surface area contributed by atoms with Crippen molar-refractivity contribution in [2.45, 2.75) is 13.3 Å². The lowest BCUT2D eigenvalue weighted by Gasteiger charge is -2.28. The van der Waals surface area contributed by atoms with E-state index in [1.807, 2.05) is 13.0 Å². The van der Waals surface area contributed by atoms with Gasteiger partial charge >= 0.3 is 0 Å². The number of aryl methyl sites for hydroxylation is 1. The Hall–Kier alpha value is -2.45. The highest BCUT2D eigenvalue weighted by Gasteiger charge is 2.14. The summed E-state index contributed by atoms with van der Waals surface area (Å²) in [6, 6.07) is 6.31. The predicted octanol–water partition coefficient (Wildman–Crippen LogP) is 2.18. The van der Waals surface area contributed by atoms with Gasteiger partial charge in [0.25, 0.3) is 0 Å². The molecule has 2 heterocycles. The summed E-state index contributed by atoms with van der Waals surface area (Å²) in [5.41, 5.74) is 1.06. The third kappa shape index (κ3) is 5.53. The van der Waals surface area contributed by atoms with Crippen LogP contribution in [0.2, 0.25) is 5.02 Å². The van der Waals surface area contributed by atoms with Gasteiger partial charge in [-0.2, -0.15) is 4.98 Å². The molecule has 0 unspecified atom stereocenters. The first kappa shape index (κ1) is 20.3. The van der Waals surface area contributed by atoms with Crippen LogP contribution in [0.25, 0.3) is 0 Å². The van der Waals surface area contributed by atoms with Gasteiger partial charge in [-0.05, 0) is 19.1 Å². The number of nitrogens with zero attached hydrogens (tertiary/aromatic N) is 3. The van der Waals surface area contributed by atoms with Gasteiger partial charge in [0.15, 0.2) is 0 Å². The van der Waals surface area contributed by atoms with Crippen molar-refractivity contribution in [3.05, 3.63) is 46.4 Å². The second kappa shape index (κ2) is 9.66. The minimum absolute atomic E-state index is 0.104. The number of morpholine rings is 1. The number of anilines is 2. The third-order valence-electron chi connectivity index (χ3n) is 4.31. The maximum absolute atomic E-state index is 13.7. The average molecular weight is 408 g/mol. The second-order valence-corrected chi connectivity index (χ2v) is 6.85. The molecule has 2 aromatic rings. The van der Waals surface area contributed by atoms with Crippen molar-refractivity contribution in [2.75, 3.05) is 49.6 Å². The Kier molecular flexibility index (Phi) is 7.00. The number of aromatic nitrogens is 2. The van der Waals surface area contributed by atoms with Crippen LogP contribution in [-0.4, -0.2) is 55.3 Å². The van der Waals surface area contributed by atoms with Gasteiger partial charge in [0.1, 0.15) is 11.6 Å². The molecule has 1 fully saturated rings. The standard InChI is InChI=1S/C19H23ClFN5O2/c1-13-11-17(26-7-9-28-10-8-26)25-19(24-13)23-6-5-22-18(27)12-14-15(20)3-2-4-16(14)21/h2-4,11H,5-10,12H2,1H3,(H,22,27)(H,23,24,25). The van der Waals surface area contributed by atoms with Crippen LogP contribution in [0.15, 0.2) is 24.3 Å². The van der Waals surface area contributed by atoms with Crippen molar-refractivity contribution in [2.24, 2.45) is 0 Å². The predicted molar refractivity (Wildman–Crippen MR) is 106 cm³/mol. The Morgan fingerprint density at radius 1 is 1.29 bits per heavy atom. The van der Waals surface area contributed by atoms with E-state index < -0.39 is 5.82 Å². The second-order valence-electron chi connectivity index (χ2n) is 6.44. The topological polar surface area (TPSA) is 79.4 Å². The molecule has 0 saturated carbocycles. The maximum atomic E-state index is 13.7. The molecule has 9 heteroatoms.